The predicted octanol–water partition coefficient (Wildman–Crippen LogP) is 12.0. The second-order valence-corrected chi connectivity index (χ2v) is 12.8. The van der Waals surface area contributed by atoms with E-state index in [1.807, 2.05) is 24.3 Å². The van der Waals surface area contributed by atoms with Crippen molar-refractivity contribution in [3.05, 3.63) is 163 Å². The van der Waals surface area contributed by atoms with Gasteiger partial charge in [-0.1, -0.05) is 141 Å². The number of pyridine rings is 1. The number of hydrogen-bond donors (Lipinski definition) is 0. The van der Waals surface area contributed by atoms with Crippen LogP contribution in [-0.4, -0.2) is 4.98 Å². The third-order valence-electron chi connectivity index (χ3n) is 9.56. The normalized spacial score (nSPS) is 13.4. The molecule has 1 aliphatic carbocycles. The molecule has 3 nitrogen and oxygen atoms in total. The van der Waals surface area contributed by atoms with Gasteiger partial charge in [-0.15, -0.1) is 0 Å². The van der Waals surface area contributed by atoms with E-state index < -0.39 is 0 Å². The van der Waals surface area contributed by atoms with Crippen molar-refractivity contribution in [2.75, 3.05) is 0 Å². The smallest absolute Gasteiger partial charge is 0.178 e. The number of hydrogen-bond acceptors (Lipinski definition) is 3. The van der Waals surface area contributed by atoms with Crippen molar-refractivity contribution in [2.24, 2.45) is 0 Å². The molecule has 1 aromatic heterocycles. The van der Waals surface area contributed by atoms with Gasteiger partial charge in [-0.05, 0) is 57.6 Å². The Labute approximate surface area is 274 Å². The molecule has 0 saturated heterocycles. The largest absolute Gasteiger partial charge is 0.449 e. The fourth-order valence-corrected chi connectivity index (χ4v) is 7.13. The van der Waals surface area contributed by atoms with Crippen LogP contribution in [0, 0.1) is 0 Å². The Morgan fingerprint density at radius 1 is 0.426 bits per heavy atom. The van der Waals surface area contributed by atoms with Crippen LogP contribution in [0.25, 0.3) is 55.9 Å². The van der Waals surface area contributed by atoms with Crippen LogP contribution in [0.15, 0.2) is 152 Å². The second kappa shape index (κ2) is 10.6. The number of fused-ring (bicyclic) bond motifs is 6. The third-order valence-corrected chi connectivity index (χ3v) is 9.56. The molecule has 2 aliphatic rings. The summed E-state index contributed by atoms with van der Waals surface area (Å²) in [5.41, 5.74) is 13.0. The zero-order chi connectivity index (χ0) is 31.5. The Kier molecular flexibility index (Phi) is 6.16. The summed E-state index contributed by atoms with van der Waals surface area (Å²) in [6.07, 6.45) is 0. The SMILES string of the molecule is CC1(C)c2ccccc2-c2c1ccc1c2Oc2c(cccc2-c2cc(-c3ccccc3)nc(-c3ccc(-c4ccccc4)cc3)c2)O1. The van der Waals surface area contributed by atoms with Crippen LogP contribution in [-0.2, 0) is 5.41 Å². The zero-order valence-electron chi connectivity index (χ0n) is 26.2. The van der Waals surface area contributed by atoms with Crippen molar-refractivity contribution < 1.29 is 9.47 Å². The molecule has 0 saturated carbocycles. The van der Waals surface area contributed by atoms with E-state index in [4.69, 9.17) is 14.5 Å². The van der Waals surface area contributed by atoms with Gasteiger partial charge in [0.15, 0.2) is 23.0 Å². The van der Waals surface area contributed by atoms with Gasteiger partial charge in [0.25, 0.3) is 0 Å². The van der Waals surface area contributed by atoms with Crippen molar-refractivity contribution in [2.45, 2.75) is 19.3 Å². The number of rotatable bonds is 4. The van der Waals surface area contributed by atoms with Gasteiger partial charge in [0.2, 0.25) is 0 Å². The molecule has 0 bridgehead atoms. The monoisotopic (exact) mass is 605 g/mol. The van der Waals surface area contributed by atoms with Crippen LogP contribution in [0.3, 0.4) is 0 Å². The molecule has 0 amide bonds. The van der Waals surface area contributed by atoms with E-state index in [1.165, 1.54) is 27.8 Å². The Balaban J connectivity index is 1.18. The van der Waals surface area contributed by atoms with E-state index >= 15 is 0 Å². The van der Waals surface area contributed by atoms with Crippen LogP contribution in [0.2, 0.25) is 0 Å². The molecular weight excluding hydrogens is 574 g/mol. The minimum Gasteiger partial charge on any atom is -0.449 e. The Hall–Kier alpha value is -5.93. The van der Waals surface area contributed by atoms with Gasteiger partial charge in [0, 0.05) is 27.7 Å². The Bertz CT molecular complexity index is 2310. The van der Waals surface area contributed by atoms with Crippen molar-refractivity contribution in [3.8, 4) is 78.9 Å². The fourth-order valence-electron chi connectivity index (χ4n) is 7.13. The number of nitrogens with zero attached hydrogens (tertiary/aromatic N) is 1. The topological polar surface area (TPSA) is 31.4 Å². The molecule has 0 atom stereocenters. The van der Waals surface area contributed by atoms with E-state index in [9.17, 15) is 0 Å². The third kappa shape index (κ3) is 4.46. The van der Waals surface area contributed by atoms with E-state index in [-0.39, 0.29) is 5.41 Å². The highest BCUT2D eigenvalue weighted by atomic mass is 16.6. The maximum atomic E-state index is 6.97. The standard InChI is InChI=1S/C44H31NO2/c1-44(2)35-18-10-9-16-34(35)41-36(44)24-25-40-43(41)47-42-33(17-11-19-39(42)46-40)32-26-37(30-14-7-4-8-15-30)45-38(27-32)31-22-20-29(21-23-31)28-12-5-3-6-13-28/h3-27H,1-2H3. The lowest BCUT2D eigenvalue weighted by Gasteiger charge is -2.26. The molecule has 0 radical (unpaired) electrons. The lowest BCUT2D eigenvalue weighted by atomic mass is 9.82. The number of ether oxygens (including phenoxy) is 2. The zero-order valence-corrected chi connectivity index (χ0v) is 26.2. The van der Waals surface area contributed by atoms with Crippen molar-refractivity contribution in [3.63, 3.8) is 0 Å². The fraction of sp³-hybridized carbons (Fsp3) is 0.0682. The summed E-state index contributed by atoms with van der Waals surface area (Å²) in [7, 11) is 0. The van der Waals surface area contributed by atoms with E-state index in [0.717, 1.165) is 50.7 Å². The van der Waals surface area contributed by atoms with E-state index in [1.54, 1.807) is 0 Å². The van der Waals surface area contributed by atoms with Crippen LogP contribution in [0.4, 0.5) is 0 Å². The van der Waals surface area contributed by atoms with Gasteiger partial charge < -0.3 is 9.47 Å². The summed E-state index contributed by atoms with van der Waals surface area (Å²) >= 11 is 0. The highest BCUT2D eigenvalue weighted by Crippen LogP contribution is 2.59. The molecule has 3 heteroatoms. The molecule has 0 fully saturated rings. The lowest BCUT2D eigenvalue weighted by molar-refractivity contribution is 0.361. The van der Waals surface area contributed by atoms with Gasteiger partial charge in [0.1, 0.15) is 0 Å². The first-order chi connectivity index (χ1) is 23.0. The molecule has 0 N–H and O–H groups in total. The van der Waals surface area contributed by atoms with Crippen molar-refractivity contribution in [1.29, 1.82) is 0 Å². The van der Waals surface area contributed by atoms with Crippen molar-refractivity contribution in [1.82, 2.24) is 4.98 Å². The predicted molar refractivity (Wildman–Crippen MR) is 190 cm³/mol. The van der Waals surface area contributed by atoms with Gasteiger partial charge in [-0.3, -0.25) is 0 Å². The minimum atomic E-state index is -0.134. The van der Waals surface area contributed by atoms with Crippen LogP contribution < -0.4 is 9.47 Å². The summed E-state index contributed by atoms with van der Waals surface area (Å²) in [5, 5.41) is 0. The molecule has 0 spiro atoms. The molecule has 224 valence electrons. The summed E-state index contributed by atoms with van der Waals surface area (Å²) in [5.74, 6) is 2.92. The maximum Gasteiger partial charge on any atom is 0.178 e. The molecule has 6 aromatic carbocycles. The van der Waals surface area contributed by atoms with Crippen LogP contribution in [0.5, 0.6) is 23.0 Å². The summed E-state index contributed by atoms with van der Waals surface area (Å²) in [4.78, 5) is 5.17. The first kappa shape index (κ1) is 27.4. The molecule has 1 aliphatic heterocycles. The Morgan fingerprint density at radius 3 is 1.74 bits per heavy atom. The summed E-state index contributed by atoms with van der Waals surface area (Å²) in [6, 6.07) is 52.7. The minimum absolute atomic E-state index is 0.134. The highest BCUT2D eigenvalue weighted by Gasteiger charge is 2.39. The average molecular weight is 606 g/mol. The molecular formula is C44H31NO2. The van der Waals surface area contributed by atoms with Gasteiger partial charge in [-0.25, -0.2) is 4.98 Å². The molecule has 2 heterocycles. The maximum absolute atomic E-state index is 6.97. The Morgan fingerprint density at radius 2 is 1.00 bits per heavy atom. The van der Waals surface area contributed by atoms with Gasteiger partial charge in [-0.2, -0.15) is 0 Å². The lowest BCUT2D eigenvalue weighted by Crippen LogP contribution is -2.15. The number of aromatic nitrogens is 1. The van der Waals surface area contributed by atoms with Crippen molar-refractivity contribution >= 4 is 0 Å². The number of para-hydroxylation sites is 1. The summed E-state index contributed by atoms with van der Waals surface area (Å²) < 4.78 is 13.6. The van der Waals surface area contributed by atoms with E-state index in [2.05, 4.69) is 141 Å². The van der Waals surface area contributed by atoms with Gasteiger partial charge >= 0.3 is 0 Å². The second-order valence-electron chi connectivity index (χ2n) is 12.8. The van der Waals surface area contributed by atoms with E-state index in [0.29, 0.717) is 11.5 Å². The van der Waals surface area contributed by atoms with Crippen LogP contribution in [0.1, 0.15) is 25.0 Å². The van der Waals surface area contributed by atoms with Gasteiger partial charge in [0.05, 0.1) is 11.4 Å². The molecule has 0 unspecified atom stereocenters. The molecule has 7 aromatic rings. The van der Waals surface area contributed by atoms with Crippen LogP contribution >= 0.6 is 0 Å². The summed E-state index contributed by atoms with van der Waals surface area (Å²) in [6.45, 7) is 4.56. The quantitative estimate of drug-likeness (QED) is 0.200. The molecule has 47 heavy (non-hydrogen) atoms. The average Bonchev–Trinajstić information content (AvgIpc) is 3.37. The number of benzene rings is 6. The molecule has 9 rings (SSSR count). The first-order valence-corrected chi connectivity index (χ1v) is 16.0. The first-order valence-electron chi connectivity index (χ1n) is 16.0. The highest BCUT2D eigenvalue weighted by molar-refractivity contribution is 5.89.